The van der Waals surface area contributed by atoms with Crippen molar-refractivity contribution >= 4 is 11.6 Å². The number of carbonyl (C=O) groups excluding carboxylic acids is 1. The number of benzene rings is 1. The molecule has 0 spiro atoms. The molecule has 108 valence electrons. The maximum atomic E-state index is 11.7. The summed E-state index contributed by atoms with van der Waals surface area (Å²) in [6.07, 6.45) is 0. The van der Waals surface area contributed by atoms with E-state index >= 15 is 0 Å². The average molecular weight is 284 g/mol. The van der Waals surface area contributed by atoms with Crippen LogP contribution in [0.3, 0.4) is 0 Å². The van der Waals surface area contributed by atoms with E-state index in [1.807, 2.05) is 43.3 Å². The van der Waals surface area contributed by atoms with Crippen molar-refractivity contribution in [1.29, 1.82) is 0 Å². The van der Waals surface area contributed by atoms with Gasteiger partial charge >= 0.3 is 5.97 Å². The lowest BCUT2D eigenvalue weighted by molar-refractivity contribution is -0.143. The first kappa shape index (κ1) is 13.4. The van der Waals surface area contributed by atoms with Crippen molar-refractivity contribution in [3.63, 3.8) is 0 Å². The first-order valence-electron chi connectivity index (χ1n) is 6.83. The summed E-state index contributed by atoms with van der Waals surface area (Å²) in [6.45, 7) is 4.14. The topological polar surface area (TPSA) is 61.4 Å². The van der Waals surface area contributed by atoms with E-state index in [2.05, 4.69) is 10.2 Å². The van der Waals surface area contributed by atoms with Gasteiger partial charge in [0.15, 0.2) is 11.5 Å². The second kappa shape index (κ2) is 5.40. The lowest BCUT2D eigenvalue weighted by Crippen LogP contribution is -2.14. The molecule has 0 aliphatic heterocycles. The summed E-state index contributed by atoms with van der Waals surface area (Å²) in [5, 5.41) is 8.94. The van der Waals surface area contributed by atoms with Crippen molar-refractivity contribution in [2.75, 3.05) is 6.61 Å². The monoisotopic (exact) mass is 284 g/mol. The quantitative estimate of drug-likeness (QED) is 0.688. The molecule has 1 aromatic carbocycles. The van der Waals surface area contributed by atoms with Crippen LogP contribution >= 0.6 is 0 Å². The molecule has 0 aliphatic carbocycles. The summed E-state index contributed by atoms with van der Waals surface area (Å²) in [6, 6.07) is 11.7. The Hall–Kier alpha value is -2.63. The van der Waals surface area contributed by atoms with E-state index in [9.17, 15) is 4.79 Å². The highest BCUT2D eigenvalue weighted by Crippen LogP contribution is 2.20. The minimum absolute atomic E-state index is 0.0787. The second-order valence-electron chi connectivity index (χ2n) is 4.71. The Kier molecular flexibility index (Phi) is 3.43. The van der Waals surface area contributed by atoms with E-state index in [-0.39, 0.29) is 12.5 Å². The third-order valence-corrected chi connectivity index (χ3v) is 3.11. The van der Waals surface area contributed by atoms with Crippen molar-refractivity contribution in [3.8, 4) is 11.4 Å². The summed E-state index contributed by atoms with van der Waals surface area (Å²) in [7, 11) is 0. The number of ether oxygens (including phenoxy) is 1. The van der Waals surface area contributed by atoms with Crippen LogP contribution < -0.4 is 0 Å². The molecule has 0 saturated carbocycles. The Labute approximate surface area is 122 Å². The summed E-state index contributed by atoms with van der Waals surface area (Å²) < 4.78 is 8.37. The fourth-order valence-electron chi connectivity index (χ4n) is 2.25. The largest absolute Gasteiger partial charge is 0.465 e. The first-order valence-corrected chi connectivity index (χ1v) is 6.83. The molecule has 2 aromatic heterocycles. The lowest BCUT2D eigenvalue weighted by atomic mass is 10.2. The molecule has 0 fully saturated rings. The molecule has 0 amide bonds. The molecule has 0 radical (unpaired) electrons. The lowest BCUT2D eigenvalue weighted by Gasteiger charge is -2.01. The van der Waals surface area contributed by atoms with E-state index in [1.54, 1.807) is 16.1 Å². The van der Waals surface area contributed by atoms with Gasteiger partial charge in [0.05, 0.1) is 12.3 Å². The normalized spacial score (nSPS) is 11.0. The second-order valence-corrected chi connectivity index (χ2v) is 4.71. The summed E-state index contributed by atoms with van der Waals surface area (Å²) in [5.41, 5.74) is 2.61. The molecular formula is C15H16N4O2. The van der Waals surface area contributed by atoms with Crippen LogP contribution in [0, 0.1) is 6.92 Å². The van der Waals surface area contributed by atoms with E-state index in [4.69, 9.17) is 4.74 Å². The molecule has 0 saturated heterocycles. The number of nitrogens with zero attached hydrogens (tertiary/aromatic N) is 4. The molecule has 0 unspecified atom stereocenters. The number of fused-ring (bicyclic) bond motifs is 1. The van der Waals surface area contributed by atoms with Crippen molar-refractivity contribution in [2.24, 2.45) is 0 Å². The Morgan fingerprint density at radius 3 is 2.71 bits per heavy atom. The number of carbonyl (C=O) groups is 1. The number of aryl methyl sites for hydroxylation is 1. The Morgan fingerprint density at radius 1 is 1.24 bits per heavy atom. The molecule has 3 aromatic rings. The van der Waals surface area contributed by atoms with E-state index in [0.717, 1.165) is 16.9 Å². The minimum Gasteiger partial charge on any atom is -0.465 e. The molecule has 6 heteroatoms. The average Bonchev–Trinajstić information content (AvgIpc) is 2.99. The van der Waals surface area contributed by atoms with Crippen molar-refractivity contribution in [2.45, 2.75) is 20.4 Å². The molecule has 21 heavy (non-hydrogen) atoms. The molecule has 2 heterocycles. The predicted octanol–water partition coefficient (Wildman–Crippen LogP) is 2.07. The predicted molar refractivity (Wildman–Crippen MR) is 77.8 cm³/mol. The van der Waals surface area contributed by atoms with Crippen molar-refractivity contribution < 1.29 is 9.53 Å². The Morgan fingerprint density at radius 2 is 2.00 bits per heavy atom. The van der Waals surface area contributed by atoms with Crippen molar-refractivity contribution in [1.82, 2.24) is 19.4 Å². The minimum atomic E-state index is -0.305. The van der Waals surface area contributed by atoms with Gasteiger partial charge in [-0.15, -0.1) is 5.10 Å². The molecule has 0 aliphatic rings. The third-order valence-electron chi connectivity index (χ3n) is 3.11. The van der Waals surface area contributed by atoms with Crippen LogP contribution in [0.5, 0.6) is 0 Å². The van der Waals surface area contributed by atoms with Gasteiger partial charge in [-0.25, -0.2) is 4.68 Å². The zero-order chi connectivity index (χ0) is 14.8. The van der Waals surface area contributed by atoms with Gasteiger partial charge in [0.25, 0.3) is 0 Å². The Bertz CT molecular complexity index is 774. The van der Waals surface area contributed by atoms with Gasteiger partial charge in [-0.2, -0.15) is 9.61 Å². The highest BCUT2D eigenvalue weighted by molar-refractivity contribution is 5.70. The molecule has 3 rings (SSSR count). The summed E-state index contributed by atoms with van der Waals surface area (Å²) in [5.74, 6) is 0.406. The Balaban J connectivity index is 2.08. The van der Waals surface area contributed by atoms with E-state index < -0.39 is 0 Å². The highest BCUT2D eigenvalue weighted by atomic mass is 16.5. The number of hydrogen-bond donors (Lipinski definition) is 0. The standard InChI is InChI=1S/C15H16N4O2/c1-3-21-14(20)10-18-13-9-11(2)16-19(13)15(17-18)12-7-5-4-6-8-12/h4-9H,3,10H2,1-2H3. The van der Waals surface area contributed by atoms with Crippen LogP contribution in [-0.2, 0) is 16.1 Å². The van der Waals surface area contributed by atoms with Gasteiger partial charge in [-0.05, 0) is 13.8 Å². The van der Waals surface area contributed by atoms with Gasteiger partial charge < -0.3 is 4.74 Å². The number of aromatic nitrogens is 4. The fourth-order valence-corrected chi connectivity index (χ4v) is 2.25. The number of esters is 1. The SMILES string of the molecule is CCOC(=O)Cn1nc(-c2ccccc2)n2nc(C)cc12. The van der Waals surface area contributed by atoms with Crippen LogP contribution in [0.2, 0.25) is 0 Å². The number of rotatable bonds is 4. The van der Waals surface area contributed by atoms with Gasteiger partial charge in [-0.1, -0.05) is 30.3 Å². The fraction of sp³-hybridized carbons (Fsp3) is 0.267. The number of hydrogen-bond acceptors (Lipinski definition) is 4. The molecule has 0 atom stereocenters. The van der Waals surface area contributed by atoms with Gasteiger partial charge in [0.2, 0.25) is 0 Å². The maximum absolute atomic E-state index is 11.7. The first-order chi connectivity index (χ1) is 10.2. The van der Waals surface area contributed by atoms with Crippen LogP contribution in [0.4, 0.5) is 0 Å². The molecule has 0 N–H and O–H groups in total. The van der Waals surface area contributed by atoms with Gasteiger partial charge in [-0.3, -0.25) is 4.79 Å². The van der Waals surface area contributed by atoms with Gasteiger partial charge in [0.1, 0.15) is 6.54 Å². The van der Waals surface area contributed by atoms with E-state index in [0.29, 0.717) is 12.4 Å². The highest BCUT2D eigenvalue weighted by Gasteiger charge is 2.16. The molecular weight excluding hydrogens is 268 g/mol. The van der Waals surface area contributed by atoms with Crippen LogP contribution in [0.1, 0.15) is 12.6 Å². The van der Waals surface area contributed by atoms with E-state index in [1.165, 1.54) is 0 Å². The summed E-state index contributed by atoms with van der Waals surface area (Å²) in [4.78, 5) is 11.7. The maximum Gasteiger partial charge on any atom is 0.327 e. The van der Waals surface area contributed by atoms with Crippen LogP contribution in [0.15, 0.2) is 36.4 Å². The third kappa shape index (κ3) is 2.52. The van der Waals surface area contributed by atoms with Crippen molar-refractivity contribution in [3.05, 3.63) is 42.1 Å². The summed E-state index contributed by atoms with van der Waals surface area (Å²) >= 11 is 0. The zero-order valence-electron chi connectivity index (χ0n) is 12.0. The van der Waals surface area contributed by atoms with Gasteiger partial charge in [0, 0.05) is 11.6 Å². The molecule has 0 bridgehead atoms. The van der Waals surface area contributed by atoms with Crippen LogP contribution in [-0.4, -0.2) is 32.0 Å². The zero-order valence-corrected chi connectivity index (χ0v) is 12.0. The smallest absolute Gasteiger partial charge is 0.327 e. The van der Waals surface area contributed by atoms with Crippen LogP contribution in [0.25, 0.3) is 17.0 Å². The molecule has 6 nitrogen and oxygen atoms in total.